The fourth-order valence-electron chi connectivity index (χ4n) is 0.800. The first-order valence-corrected chi connectivity index (χ1v) is 6.08. The molecule has 16 heavy (non-hydrogen) atoms. The lowest BCUT2D eigenvalue weighted by Gasteiger charge is -2.31. The van der Waals surface area contributed by atoms with Crippen LogP contribution in [0.3, 0.4) is 0 Å². The minimum absolute atomic E-state index is 0.308. The molecule has 1 aliphatic heterocycles. The van der Waals surface area contributed by atoms with E-state index in [1.165, 1.54) is 0 Å². The lowest BCUT2D eigenvalue weighted by atomic mass is 10.7. The molecule has 0 aromatic heterocycles. The van der Waals surface area contributed by atoms with Gasteiger partial charge in [0, 0.05) is 0 Å². The molecule has 0 N–H and O–H groups in total. The van der Waals surface area contributed by atoms with Gasteiger partial charge in [-0.3, -0.25) is 0 Å². The number of hydrogen-bond donors (Lipinski definition) is 0. The van der Waals surface area contributed by atoms with Crippen LogP contribution in [0.15, 0.2) is 0 Å². The van der Waals surface area contributed by atoms with Crippen LogP contribution in [0, 0.1) is 0 Å². The quantitative estimate of drug-likeness (QED) is 0.625. The fourth-order valence-corrected chi connectivity index (χ4v) is 1.56. The Hall–Kier alpha value is 1.58. The lowest BCUT2D eigenvalue weighted by molar-refractivity contribution is -0.317. The topological polar surface area (TPSA) is 36.9 Å². The Morgan fingerprint density at radius 1 is 0.625 bits per heavy atom. The van der Waals surface area contributed by atoms with Crippen molar-refractivity contribution in [3.8, 4) is 0 Å². The van der Waals surface area contributed by atoms with Gasteiger partial charge in [0.2, 0.25) is 20.2 Å². The molecular weight excluding hydrogens is 349 g/mol. The first-order chi connectivity index (χ1) is 7.21. The first-order valence-electron chi connectivity index (χ1n) is 3.81. The van der Waals surface area contributed by atoms with Crippen molar-refractivity contribution in [3.05, 3.63) is 0 Å². The predicted octanol–water partition coefficient (Wildman–Crippen LogP) is 3.37. The highest BCUT2D eigenvalue weighted by Gasteiger charge is 2.40. The van der Waals surface area contributed by atoms with Crippen LogP contribution in [-0.4, -0.2) is 33.8 Å². The average molecular weight is 355 g/mol. The molecule has 1 heterocycles. The standard InChI is InChI=1S/C6H6Cl6O4/c7-5(8,9)3-13-1-14-4(6(10,11)12)16-2-15-3/h3-4H,1-2H2. The highest BCUT2D eigenvalue weighted by Crippen LogP contribution is 2.36. The molecular formula is C6H6Cl6O4. The number of ether oxygens (including phenoxy) is 4. The van der Waals surface area contributed by atoms with Gasteiger partial charge in [0.05, 0.1) is 0 Å². The summed E-state index contributed by atoms with van der Waals surface area (Å²) in [5.41, 5.74) is 0. The summed E-state index contributed by atoms with van der Waals surface area (Å²) in [5.74, 6) is 0. The maximum Gasteiger partial charge on any atom is 0.241 e. The minimum Gasteiger partial charge on any atom is -0.322 e. The van der Waals surface area contributed by atoms with E-state index in [-0.39, 0.29) is 13.6 Å². The number of rotatable bonds is 0. The van der Waals surface area contributed by atoms with Gasteiger partial charge in [-0.2, -0.15) is 0 Å². The summed E-state index contributed by atoms with van der Waals surface area (Å²) in [5, 5.41) is 0. The van der Waals surface area contributed by atoms with Gasteiger partial charge in [-0.25, -0.2) is 0 Å². The van der Waals surface area contributed by atoms with Crippen LogP contribution in [0.2, 0.25) is 0 Å². The molecule has 1 aliphatic rings. The molecule has 1 fully saturated rings. The molecule has 0 radical (unpaired) electrons. The third-order valence-electron chi connectivity index (χ3n) is 1.41. The summed E-state index contributed by atoms with van der Waals surface area (Å²) < 4.78 is 16.4. The van der Waals surface area contributed by atoms with E-state index in [2.05, 4.69) is 0 Å². The molecule has 4 nitrogen and oxygen atoms in total. The largest absolute Gasteiger partial charge is 0.322 e. The monoisotopic (exact) mass is 352 g/mol. The zero-order valence-corrected chi connectivity index (χ0v) is 12.0. The Bertz CT molecular complexity index is 194. The van der Waals surface area contributed by atoms with Crippen LogP contribution < -0.4 is 0 Å². The molecule has 1 saturated heterocycles. The van der Waals surface area contributed by atoms with E-state index in [0.29, 0.717) is 0 Å². The average Bonchev–Trinajstić information content (AvgIpc) is 1.96. The summed E-state index contributed by atoms with van der Waals surface area (Å²) in [6, 6.07) is 0. The van der Waals surface area contributed by atoms with Crippen molar-refractivity contribution in [2.45, 2.75) is 20.2 Å². The number of halogens is 6. The first kappa shape index (κ1) is 15.6. The van der Waals surface area contributed by atoms with Crippen molar-refractivity contribution in [3.63, 3.8) is 0 Å². The molecule has 0 spiro atoms. The van der Waals surface area contributed by atoms with Gasteiger partial charge in [-0.05, 0) is 0 Å². The second kappa shape index (κ2) is 6.15. The highest BCUT2D eigenvalue weighted by molar-refractivity contribution is 6.68. The van der Waals surface area contributed by atoms with E-state index in [9.17, 15) is 0 Å². The Labute approximate surface area is 122 Å². The van der Waals surface area contributed by atoms with Gasteiger partial charge in [0.25, 0.3) is 0 Å². The van der Waals surface area contributed by atoms with E-state index >= 15 is 0 Å². The van der Waals surface area contributed by atoms with Crippen molar-refractivity contribution in [2.75, 3.05) is 13.6 Å². The number of hydrogen-bond acceptors (Lipinski definition) is 4. The maximum absolute atomic E-state index is 5.56. The molecule has 0 aliphatic carbocycles. The van der Waals surface area contributed by atoms with Crippen molar-refractivity contribution >= 4 is 69.6 Å². The summed E-state index contributed by atoms with van der Waals surface area (Å²) in [6.45, 7) is -0.617. The lowest BCUT2D eigenvalue weighted by Crippen LogP contribution is -2.41. The molecule has 1 rings (SSSR count). The zero-order valence-electron chi connectivity index (χ0n) is 7.47. The fraction of sp³-hybridized carbons (Fsp3) is 1.00. The molecule has 0 saturated carbocycles. The van der Waals surface area contributed by atoms with Gasteiger partial charge in [-0.15, -0.1) is 0 Å². The van der Waals surface area contributed by atoms with Crippen LogP contribution in [-0.2, 0) is 18.9 Å². The van der Waals surface area contributed by atoms with E-state index < -0.39 is 20.2 Å². The molecule has 0 aromatic carbocycles. The van der Waals surface area contributed by atoms with E-state index in [1.807, 2.05) is 0 Å². The Morgan fingerprint density at radius 2 is 0.875 bits per heavy atom. The molecule has 0 atom stereocenters. The van der Waals surface area contributed by atoms with E-state index in [4.69, 9.17) is 88.6 Å². The molecule has 0 bridgehead atoms. The molecule has 0 aromatic rings. The Kier molecular flexibility index (Phi) is 6.01. The minimum atomic E-state index is -1.76. The van der Waals surface area contributed by atoms with Crippen molar-refractivity contribution in [2.24, 2.45) is 0 Å². The summed E-state index contributed by atoms with van der Waals surface area (Å²) in [6.07, 6.45) is -2.26. The summed E-state index contributed by atoms with van der Waals surface area (Å²) in [7, 11) is 0. The zero-order chi connectivity index (χ0) is 12.4. The molecule has 10 heteroatoms. The van der Waals surface area contributed by atoms with Gasteiger partial charge < -0.3 is 18.9 Å². The SMILES string of the molecule is ClC(Cl)(Cl)C1OCOC(C(Cl)(Cl)Cl)OCO1. The van der Waals surface area contributed by atoms with Crippen LogP contribution in [0.4, 0.5) is 0 Å². The van der Waals surface area contributed by atoms with Crippen molar-refractivity contribution < 1.29 is 18.9 Å². The third kappa shape index (κ3) is 5.06. The van der Waals surface area contributed by atoms with Crippen molar-refractivity contribution in [1.29, 1.82) is 0 Å². The van der Waals surface area contributed by atoms with Gasteiger partial charge in [-0.1, -0.05) is 69.6 Å². The van der Waals surface area contributed by atoms with Crippen LogP contribution in [0.5, 0.6) is 0 Å². The van der Waals surface area contributed by atoms with Gasteiger partial charge >= 0.3 is 0 Å². The Morgan fingerprint density at radius 3 is 1.06 bits per heavy atom. The molecule has 0 unspecified atom stereocenters. The summed E-state index contributed by atoms with van der Waals surface area (Å²) in [4.78, 5) is 0. The van der Waals surface area contributed by atoms with Gasteiger partial charge in [0.15, 0.2) is 13.6 Å². The van der Waals surface area contributed by atoms with Crippen LogP contribution in [0.1, 0.15) is 0 Å². The maximum atomic E-state index is 5.56. The van der Waals surface area contributed by atoms with Crippen LogP contribution >= 0.6 is 69.6 Å². The number of alkyl halides is 6. The summed E-state index contributed by atoms with van der Waals surface area (Å²) >= 11 is 33.3. The predicted molar refractivity (Wildman–Crippen MR) is 62.2 cm³/mol. The van der Waals surface area contributed by atoms with Crippen molar-refractivity contribution in [1.82, 2.24) is 0 Å². The second-order valence-electron chi connectivity index (χ2n) is 2.65. The highest BCUT2D eigenvalue weighted by atomic mass is 35.6. The second-order valence-corrected chi connectivity index (χ2v) is 7.39. The normalized spacial score (nSPS) is 29.6. The smallest absolute Gasteiger partial charge is 0.241 e. The third-order valence-corrected chi connectivity index (χ3v) is 2.48. The van der Waals surface area contributed by atoms with Crippen LogP contribution in [0.25, 0.3) is 0 Å². The molecule has 0 amide bonds. The van der Waals surface area contributed by atoms with E-state index in [0.717, 1.165) is 0 Å². The van der Waals surface area contributed by atoms with Gasteiger partial charge in [0.1, 0.15) is 0 Å². The van der Waals surface area contributed by atoms with E-state index in [1.54, 1.807) is 0 Å². The molecule has 96 valence electrons. The Balaban J connectivity index is 2.50.